The summed E-state index contributed by atoms with van der Waals surface area (Å²) in [6.07, 6.45) is 5.15. The Labute approximate surface area is 191 Å². The minimum Gasteiger partial charge on any atom is -0.495 e. The van der Waals surface area contributed by atoms with Crippen LogP contribution < -0.4 is 26.4 Å². The standard InChI is InChI=1S/C22H29N5O4S/c1-12-9-10-16(31-3)15(11-12)27(13(2)21(29)25-14-7-5-4-6-8-14)22(30)19-17(23)18(20(24)28)26-32-19/h9-11,13-14H,4-8,23H2,1-3H3,(H2,24,28)(H,25,29). The zero-order chi connectivity index (χ0) is 23.4. The monoisotopic (exact) mass is 459 g/mol. The second-order valence-corrected chi connectivity index (χ2v) is 8.78. The van der Waals surface area contributed by atoms with Gasteiger partial charge in [0, 0.05) is 6.04 Å². The van der Waals surface area contributed by atoms with Crippen LogP contribution in [-0.2, 0) is 4.79 Å². The van der Waals surface area contributed by atoms with Crippen molar-refractivity contribution in [3.63, 3.8) is 0 Å². The van der Waals surface area contributed by atoms with Gasteiger partial charge in [-0.3, -0.25) is 19.3 Å². The molecule has 1 atom stereocenters. The summed E-state index contributed by atoms with van der Waals surface area (Å²) in [5.74, 6) is -1.21. The van der Waals surface area contributed by atoms with E-state index in [-0.39, 0.29) is 28.2 Å². The maximum atomic E-state index is 13.6. The fourth-order valence-corrected chi connectivity index (χ4v) is 4.65. The minimum absolute atomic E-state index is 0.0414. The van der Waals surface area contributed by atoms with E-state index in [1.807, 2.05) is 13.0 Å². The number of benzene rings is 1. The summed E-state index contributed by atoms with van der Waals surface area (Å²) in [7, 11) is 1.50. The Morgan fingerprint density at radius 3 is 2.53 bits per heavy atom. The highest BCUT2D eigenvalue weighted by atomic mass is 32.1. The Hall–Kier alpha value is -3.14. The van der Waals surface area contributed by atoms with Crippen LogP contribution in [0, 0.1) is 6.92 Å². The van der Waals surface area contributed by atoms with Crippen molar-refractivity contribution in [1.82, 2.24) is 9.69 Å². The Bertz CT molecular complexity index is 1020. The SMILES string of the molecule is COc1ccc(C)cc1N(C(=O)c1snc(C(N)=O)c1N)C(C)C(=O)NC1CCCCC1. The third-order valence-electron chi connectivity index (χ3n) is 5.69. The van der Waals surface area contributed by atoms with Crippen molar-refractivity contribution in [2.24, 2.45) is 5.73 Å². The molecule has 10 heteroatoms. The van der Waals surface area contributed by atoms with Crippen molar-refractivity contribution in [3.05, 3.63) is 34.3 Å². The molecule has 0 aliphatic heterocycles. The number of carbonyl (C=O) groups is 3. The molecule has 1 aromatic carbocycles. The molecule has 2 aromatic rings. The van der Waals surface area contributed by atoms with Gasteiger partial charge < -0.3 is 21.5 Å². The first kappa shape index (κ1) is 23.5. The number of nitrogens with one attached hydrogen (secondary N) is 1. The Kier molecular flexibility index (Phi) is 7.34. The van der Waals surface area contributed by atoms with E-state index in [2.05, 4.69) is 9.69 Å². The Balaban J connectivity index is 2.01. The van der Waals surface area contributed by atoms with E-state index in [4.69, 9.17) is 16.2 Å². The van der Waals surface area contributed by atoms with Crippen molar-refractivity contribution < 1.29 is 19.1 Å². The molecule has 1 aliphatic carbocycles. The van der Waals surface area contributed by atoms with Crippen molar-refractivity contribution >= 4 is 40.6 Å². The van der Waals surface area contributed by atoms with Gasteiger partial charge in [-0.15, -0.1) is 0 Å². The number of aromatic nitrogens is 1. The average molecular weight is 460 g/mol. The van der Waals surface area contributed by atoms with Crippen LogP contribution in [0.2, 0.25) is 0 Å². The van der Waals surface area contributed by atoms with Gasteiger partial charge in [-0.1, -0.05) is 25.3 Å². The predicted molar refractivity (Wildman–Crippen MR) is 124 cm³/mol. The molecule has 1 unspecified atom stereocenters. The number of hydrogen-bond acceptors (Lipinski definition) is 7. The van der Waals surface area contributed by atoms with Gasteiger partial charge in [0.2, 0.25) is 5.91 Å². The lowest BCUT2D eigenvalue weighted by molar-refractivity contribution is -0.122. The van der Waals surface area contributed by atoms with Gasteiger partial charge in [0.15, 0.2) is 5.69 Å². The molecule has 3 amide bonds. The average Bonchev–Trinajstić information content (AvgIpc) is 3.16. The van der Waals surface area contributed by atoms with Crippen LogP contribution in [-0.4, -0.2) is 41.3 Å². The van der Waals surface area contributed by atoms with Crippen LogP contribution in [0.5, 0.6) is 5.75 Å². The highest BCUT2D eigenvalue weighted by Crippen LogP contribution is 2.34. The molecule has 3 rings (SSSR count). The van der Waals surface area contributed by atoms with E-state index < -0.39 is 17.9 Å². The number of nitrogens with zero attached hydrogens (tertiary/aromatic N) is 2. The zero-order valence-electron chi connectivity index (χ0n) is 18.5. The molecule has 9 nitrogen and oxygen atoms in total. The molecule has 1 aromatic heterocycles. The van der Waals surface area contributed by atoms with Crippen molar-refractivity contribution in [3.8, 4) is 5.75 Å². The number of nitrogen functional groups attached to an aromatic ring is 1. The molecule has 172 valence electrons. The van der Waals surface area contributed by atoms with Crippen LogP contribution in [0.4, 0.5) is 11.4 Å². The quantitative estimate of drug-likeness (QED) is 0.581. The van der Waals surface area contributed by atoms with Gasteiger partial charge in [-0.25, -0.2) is 0 Å². The molecule has 1 aliphatic rings. The highest BCUT2D eigenvalue weighted by Gasteiger charge is 2.34. The third kappa shape index (κ3) is 4.85. The molecule has 5 N–H and O–H groups in total. The van der Waals surface area contributed by atoms with Gasteiger partial charge in [0.1, 0.15) is 16.7 Å². The van der Waals surface area contributed by atoms with Crippen LogP contribution in [0.25, 0.3) is 0 Å². The predicted octanol–water partition coefficient (Wildman–Crippen LogP) is 2.63. The van der Waals surface area contributed by atoms with Gasteiger partial charge in [0.05, 0.1) is 18.5 Å². The summed E-state index contributed by atoms with van der Waals surface area (Å²) in [5.41, 5.74) is 12.4. The summed E-state index contributed by atoms with van der Waals surface area (Å²) >= 11 is 0.778. The second kappa shape index (κ2) is 9.99. The number of nitrogens with two attached hydrogens (primary N) is 2. The van der Waals surface area contributed by atoms with Crippen LogP contribution in [0.1, 0.15) is 64.8 Å². The summed E-state index contributed by atoms with van der Waals surface area (Å²) in [6, 6.07) is 4.59. The van der Waals surface area contributed by atoms with E-state index in [0.717, 1.165) is 42.8 Å². The van der Waals surface area contributed by atoms with Gasteiger partial charge in [-0.2, -0.15) is 4.37 Å². The molecule has 0 spiro atoms. The lowest BCUT2D eigenvalue weighted by atomic mass is 9.95. The maximum absolute atomic E-state index is 13.6. The number of methoxy groups -OCH3 is 1. The number of carbonyl (C=O) groups excluding carboxylic acids is 3. The smallest absolute Gasteiger partial charge is 0.272 e. The van der Waals surface area contributed by atoms with Crippen molar-refractivity contribution in [2.45, 2.75) is 58.0 Å². The number of hydrogen-bond donors (Lipinski definition) is 3. The Morgan fingerprint density at radius 2 is 1.94 bits per heavy atom. The first-order chi connectivity index (χ1) is 15.2. The van der Waals surface area contributed by atoms with E-state index in [1.54, 1.807) is 19.1 Å². The summed E-state index contributed by atoms with van der Waals surface area (Å²) in [5, 5.41) is 3.07. The third-order valence-corrected chi connectivity index (χ3v) is 6.54. The van der Waals surface area contributed by atoms with Crippen molar-refractivity contribution in [1.29, 1.82) is 0 Å². The van der Waals surface area contributed by atoms with E-state index in [9.17, 15) is 14.4 Å². The van der Waals surface area contributed by atoms with Gasteiger partial charge in [0.25, 0.3) is 11.8 Å². The van der Waals surface area contributed by atoms with Gasteiger partial charge in [-0.05, 0) is 55.9 Å². The minimum atomic E-state index is -0.862. The van der Waals surface area contributed by atoms with E-state index in [0.29, 0.717) is 11.4 Å². The lowest BCUT2D eigenvalue weighted by Gasteiger charge is -2.31. The first-order valence-electron chi connectivity index (χ1n) is 10.6. The van der Waals surface area contributed by atoms with Gasteiger partial charge >= 0.3 is 0 Å². The molecule has 1 fully saturated rings. The van der Waals surface area contributed by atoms with Crippen LogP contribution in [0.3, 0.4) is 0 Å². The molecule has 0 bridgehead atoms. The maximum Gasteiger partial charge on any atom is 0.272 e. The summed E-state index contributed by atoms with van der Waals surface area (Å²) < 4.78 is 9.41. The van der Waals surface area contributed by atoms with E-state index in [1.165, 1.54) is 18.4 Å². The summed E-state index contributed by atoms with van der Waals surface area (Å²) in [6.45, 7) is 3.54. The number of rotatable bonds is 7. The summed E-state index contributed by atoms with van der Waals surface area (Å²) in [4.78, 5) is 39.8. The van der Waals surface area contributed by atoms with Crippen LogP contribution in [0.15, 0.2) is 18.2 Å². The number of primary amides is 1. The number of aryl methyl sites for hydroxylation is 1. The molecule has 1 heterocycles. The molecule has 0 saturated heterocycles. The topological polar surface area (TPSA) is 141 Å². The number of ether oxygens (including phenoxy) is 1. The fourth-order valence-electron chi connectivity index (χ4n) is 3.91. The van der Waals surface area contributed by atoms with Crippen LogP contribution >= 0.6 is 11.5 Å². The second-order valence-electron chi connectivity index (χ2n) is 8.01. The lowest BCUT2D eigenvalue weighted by Crippen LogP contribution is -2.51. The van der Waals surface area contributed by atoms with E-state index >= 15 is 0 Å². The van der Waals surface area contributed by atoms with Crippen molar-refractivity contribution in [2.75, 3.05) is 17.7 Å². The molecule has 0 radical (unpaired) electrons. The molecular formula is C22H29N5O4S. The number of anilines is 2. The molecule has 32 heavy (non-hydrogen) atoms. The zero-order valence-corrected chi connectivity index (χ0v) is 19.3. The number of amides is 3. The fraction of sp³-hybridized carbons (Fsp3) is 0.455. The highest BCUT2D eigenvalue weighted by molar-refractivity contribution is 7.09. The largest absolute Gasteiger partial charge is 0.495 e. The normalized spacial score (nSPS) is 15.1. The first-order valence-corrected chi connectivity index (χ1v) is 11.4. The molecule has 1 saturated carbocycles. The Morgan fingerprint density at radius 1 is 1.25 bits per heavy atom. The molecular weight excluding hydrogens is 430 g/mol.